The van der Waals surface area contributed by atoms with Crippen molar-refractivity contribution >= 4 is 23.1 Å². The molecule has 2 aromatic rings. The molecule has 2 aromatic heterocycles. The molecule has 126 valence electrons. The summed E-state index contributed by atoms with van der Waals surface area (Å²) in [6, 6.07) is 3.80. The van der Waals surface area contributed by atoms with Gasteiger partial charge in [-0.15, -0.1) is 11.3 Å². The Balaban J connectivity index is 1.49. The highest BCUT2D eigenvalue weighted by atomic mass is 32.1. The summed E-state index contributed by atoms with van der Waals surface area (Å²) in [5, 5.41) is 3.17. The van der Waals surface area contributed by atoms with E-state index in [4.69, 9.17) is 0 Å². The standard InChI is InChI=1S/C18H22N4OS/c23-18(14-5-6-19-16(12-14)21-8-1-2-9-21)22-10-3-4-15(13-22)17-20-7-11-24-17/h5-7,11-12,15H,1-4,8-10,13H2/t15-/m1/s1. The van der Waals surface area contributed by atoms with E-state index in [9.17, 15) is 4.79 Å². The quantitative estimate of drug-likeness (QED) is 0.860. The summed E-state index contributed by atoms with van der Waals surface area (Å²) in [4.78, 5) is 26.1. The second-order valence-corrected chi connectivity index (χ2v) is 7.48. The number of likely N-dealkylation sites (tertiary alicyclic amines) is 1. The summed E-state index contributed by atoms with van der Waals surface area (Å²) in [5.74, 6) is 1.44. The summed E-state index contributed by atoms with van der Waals surface area (Å²) in [6.45, 7) is 3.69. The van der Waals surface area contributed by atoms with Crippen LogP contribution in [0.2, 0.25) is 0 Å². The van der Waals surface area contributed by atoms with Gasteiger partial charge in [0, 0.05) is 55.4 Å². The molecule has 0 radical (unpaired) electrons. The molecule has 0 aromatic carbocycles. The molecule has 6 heteroatoms. The first kappa shape index (κ1) is 15.6. The van der Waals surface area contributed by atoms with Crippen molar-refractivity contribution in [3.05, 3.63) is 40.5 Å². The number of aromatic nitrogens is 2. The number of piperidine rings is 1. The van der Waals surface area contributed by atoms with Crippen LogP contribution in [0.4, 0.5) is 5.82 Å². The second-order valence-electron chi connectivity index (χ2n) is 6.56. The van der Waals surface area contributed by atoms with Gasteiger partial charge in [-0.3, -0.25) is 4.79 Å². The number of anilines is 1. The molecule has 2 fully saturated rings. The molecule has 4 rings (SSSR count). The van der Waals surface area contributed by atoms with E-state index in [1.165, 1.54) is 12.8 Å². The summed E-state index contributed by atoms with van der Waals surface area (Å²) < 4.78 is 0. The number of amides is 1. The molecule has 24 heavy (non-hydrogen) atoms. The maximum absolute atomic E-state index is 12.9. The molecule has 5 nitrogen and oxygen atoms in total. The summed E-state index contributed by atoms with van der Waals surface area (Å²) >= 11 is 1.69. The zero-order valence-corrected chi connectivity index (χ0v) is 14.5. The normalized spacial score (nSPS) is 21.2. The van der Waals surface area contributed by atoms with Gasteiger partial charge in [-0.1, -0.05) is 0 Å². The molecule has 0 aliphatic carbocycles. The van der Waals surface area contributed by atoms with Gasteiger partial charge < -0.3 is 9.80 Å². The Morgan fingerprint density at radius 2 is 2.00 bits per heavy atom. The number of thiazole rings is 1. The third-order valence-corrected chi connectivity index (χ3v) is 5.87. The van der Waals surface area contributed by atoms with Crippen molar-refractivity contribution in [1.82, 2.24) is 14.9 Å². The Bertz CT molecular complexity index is 697. The van der Waals surface area contributed by atoms with Crippen LogP contribution < -0.4 is 4.90 Å². The van der Waals surface area contributed by atoms with E-state index in [0.717, 1.165) is 55.4 Å². The fourth-order valence-electron chi connectivity index (χ4n) is 3.65. The maximum Gasteiger partial charge on any atom is 0.254 e. The largest absolute Gasteiger partial charge is 0.357 e. The zero-order valence-electron chi connectivity index (χ0n) is 13.7. The Kier molecular flexibility index (Phi) is 4.47. The highest BCUT2D eigenvalue weighted by molar-refractivity contribution is 7.09. The number of hydrogen-bond donors (Lipinski definition) is 0. The highest BCUT2D eigenvalue weighted by Crippen LogP contribution is 2.29. The Hall–Kier alpha value is -1.95. The highest BCUT2D eigenvalue weighted by Gasteiger charge is 2.27. The van der Waals surface area contributed by atoms with Gasteiger partial charge in [0.15, 0.2) is 0 Å². The molecule has 0 saturated carbocycles. The van der Waals surface area contributed by atoms with E-state index in [-0.39, 0.29) is 5.91 Å². The van der Waals surface area contributed by atoms with Crippen molar-refractivity contribution in [3.63, 3.8) is 0 Å². The second kappa shape index (κ2) is 6.89. The van der Waals surface area contributed by atoms with E-state index in [1.807, 2.05) is 28.6 Å². The fourth-order valence-corrected chi connectivity index (χ4v) is 4.42. The van der Waals surface area contributed by atoms with Crippen LogP contribution in [0, 0.1) is 0 Å². The number of nitrogens with zero attached hydrogens (tertiary/aromatic N) is 4. The Morgan fingerprint density at radius 3 is 2.79 bits per heavy atom. The minimum absolute atomic E-state index is 0.124. The molecular weight excluding hydrogens is 320 g/mol. The van der Waals surface area contributed by atoms with Gasteiger partial charge in [-0.25, -0.2) is 9.97 Å². The first-order valence-electron chi connectivity index (χ1n) is 8.71. The molecule has 0 unspecified atom stereocenters. The number of hydrogen-bond acceptors (Lipinski definition) is 5. The molecule has 1 atom stereocenters. The molecule has 2 aliphatic heterocycles. The Morgan fingerprint density at radius 1 is 1.12 bits per heavy atom. The predicted molar refractivity (Wildman–Crippen MR) is 95.7 cm³/mol. The fraction of sp³-hybridized carbons (Fsp3) is 0.500. The average molecular weight is 342 g/mol. The van der Waals surface area contributed by atoms with E-state index in [1.54, 1.807) is 17.5 Å². The van der Waals surface area contributed by atoms with Crippen LogP contribution in [0.15, 0.2) is 29.9 Å². The molecular formula is C18H22N4OS. The molecule has 1 amide bonds. The third-order valence-electron chi connectivity index (χ3n) is 4.93. The van der Waals surface area contributed by atoms with Gasteiger partial charge in [-0.05, 0) is 37.8 Å². The molecule has 4 heterocycles. The first-order chi connectivity index (χ1) is 11.8. The first-order valence-corrected chi connectivity index (χ1v) is 9.59. The average Bonchev–Trinajstić information content (AvgIpc) is 3.35. The van der Waals surface area contributed by atoms with E-state index in [2.05, 4.69) is 14.9 Å². The number of pyridine rings is 1. The lowest BCUT2D eigenvalue weighted by atomic mass is 9.98. The smallest absolute Gasteiger partial charge is 0.254 e. The van der Waals surface area contributed by atoms with Crippen LogP contribution in [0.5, 0.6) is 0 Å². The minimum Gasteiger partial charge on any atom is -0.357 e. The maximum atomic E-state index is 12.9. The molecule has 2 aliphatic rings. The van der Waals surface area contributed by atoms with Crippen molar-refractivity contribution in [2.45, 2.75) is 31.6 Å². The summed E-state index contributed by atoms with van der Waals surface area (Å²) in [7, 11) is 0. The molecule has 2 saturated heterocycles. The zero-order chi connectivity index (χ0) is 16.4. The van der Waals surface area contributed by atoms with Gasteiger partial charge in [0.1, 0.15) is 5.82 Å². The van der Waals surface area contributed by atoms with Gasteiger partial charge >= 0.3 is 0 Å². The summed E-state index contributed by atoms with van der Waals surface area (Å²) in [6.07, 6.45) is 8.20. The SMILES string of the molecule is O=C(c1ccnc(N2CCCC2)c1)N1CCC[C@@H](c2nccs2)C1. The number of rotatable bonds is 3. The van der Waals surface area contributed by atoms with Crippen LogP contribution in [-0.2, 0) is 0 Å². The number of carbonyl (C=O) groups is 1. The summed E-state index contributed by atoms with van der Waals surface area (Å²) in [5.41, 5.74) is 0.756. The topological polar surface area (TPSA) is 49.3 Å². The van der Waals surface area contributed by atoms with Crippen molar-refractivity contribution < 1.29 is 4.79 Å². The van der Waals surface area contributed by atoms with Crippen LogP contribution in [0.3, 0.4) is 0 Å². The molecule has 0 spiro atoms. The van der Waals surface area contributed by atoms with E-state index in [0.29, 0.717) is 5.92 Å². The van der Waals surface area contributed by atoms with Gasteiger partial charge in [0.25, 0.3) is 5.91 Å². The lowest BCUT2D eigenvalue weighted by Gasteiger charge is -2.32. The van der Waals surface area contributed by atoms with Crippen molar-refractivity contribution in [2.75, 3.05) is 31.1 Å². The van der Waals surface area contributed by atoms with Crippen LogP contribution in [0.25, 0.3) is 0 Å². The van der Waals surface area contributed by atoms with Crippen molar-refractivity contribution in [2.24, 2.45) is 0 Å². The van der Waals surface area contributed by atoms with Crippen molar-refractivity contribution in [3.8, 4) is 0 Å². The number of carbonyl (C=O) groups excluding carboxylic acids is 1. The minimum atomic E-state index is 0.124. The van der Waals surface area contributed by atoms with Crippen LogP contribution in [0.1, 0.15) is 47.0 Å². The predicted octanol–water partition coefficient (Wildman–Crippen LogP) is 3.16. The van der Waals surface area contributed by atoms with Gasteiger partial charge in [0.05, 0.1) is 5.01 Å². The lowest BCUT2D eigenvalue weighted by molar-refractivity contribution is 0.0707. The van der Waals surface area contributed by atoms with Gasteiger partial charge in [0.2, 0.25) is 0 Å². The molecule has 0 bridgehead atoms. The lowest BCUT2D eigenvalue weighted by Crippen LogP contribution is -2.39. The third kappa shape index (κ3) is 3.15. The van der Waals surface area contributed by atoms with Crippen molar-refractivity contribution in [1.29, 1.82) is 0 Å². The Labute approximate surface area is 146 Å². The monoisotopic (exact) mass is 342 g/mol. The van der Waals surface area contributed by atoms with Gasteiger partial charge in [-0.2, -0.15) is 0 Å². The van der Waals surface area contributed by atoms with Crippen LogP contribution in [-0.4, -0.2) is 47.0 Å². The van der Waals surface area contributed by atoms with E-state index >= 15 is 0 Å². The van der Waals surface area contributed by atoms with E-state index < -0.39 is 0 Å². The molecule has 0 N–H and O–H groups in total. The van der Waals surface area contributed by atoms with Crippen LogP contribution >= 0.6 is 11.3 Å².